The minimum atomic E-state index is 0.617. The SMILES string of the molecule is Cc1ccc(C)c(N2CC[NH+](Cc3cccc(OCc4ccccc4)c3)CC2)c1. The van der Waals surface area contributed by atoms with E-state index in [4.69, 9.17) is 4.74 Å². The third-order valence-corrected chi connectivity index (χ3v) is 5.78. The fraction of sp³-hybridized carbons (Fsp3) is 0.308. The zero-order chi connectivity index (χ0) is 20.1. The van der Waals surface area contributed by atoms with Crippen LogP contribution in [0.5, 0.6) is 5.75 Å². The Balaban J connectivity index is 1.32. The summed E-state index contributed by atoms with van der Waals surface area (Å²) in [5.74, 6) is 0.958. The molecule has 3 nitrogen and oxygen atoms in total. The molecule has 1 saturated heterocycles. The Labute approximate surface area is 174 Å². The molecule has 0 radical (unpaired) electrons. The number of nitrogens with one attached hydrogen (secondary N) is 1. The van der Waals surface area contributed by atoms with E-state index in [-0.39, 0.29) is 0 Å². The van der Waals surface area contributed by atoms with Gasteiger partial charge in [-0.25, -0.2) is 0 Å². The molecule has 4 rings (SSSR count). The third kappa shape index (κ3) is 5.18. The number of hydrogen-bond donors (Lipinski definition) is 1. The molecular weight excluding hydrogens is 356 g/mol. The van der Waals surface area contributed by atoms with E-state index in [1.807, 2.05) is 6.07 Å². The number of benzene rings is 3. The van der Waals surface area contributed by atoms with Crippen LogP contribution in [0.1, 0.15) is 22.3 Å². The lowest BCUT2D eigenvalue weighted by atomic mass is 10.1. The van der Waals surface area contributed by atoms with Crippen molar-refractivity contribution in [1.82, 2.24) is 0 Å². The highest BCUT2D eigenvalue weighted by atomic mass is 16.5. The van der Waals surface area contributed by atoms with Gasteiger partial charge in [-0.05, 0) is 48.7 Å². The van der Waals surface area contributed by atoms with E-state index in [2.05, 4.69) is 85.5 Å². The van der Waals surface area contributed by atoms with Crippen molar-refractivity contribution >= 4 is 5.69 Å². The lowest BCUT2D eigenvalue weighted by Crippen LogP contribution is -3.13. The Hall–Kier alpha value is -2.78. The van der Waals surface area contributed by atoms with Crippen molar-refractivity contribution in [2.45, 2.75) is 27.0 Å². The van der Waals surface area contributed by atoms with Crippen LogP contribution >= 0.6 is 0 Å². The summed E-state index contributed by atoms with van der Waals surface area (Å²) in [6.07, 6.45) is 0. The maximum absolute atomic E-state index is 6.00. The lowest BCUT2D eigenvalue weighted by Gasteiger charge is -2.34. The van der Waals surface area contributed by atoms with E-state index >= 15 is 0 Å². The molecule has 1 fully saturated rings. The maximum Gasteiger partial charge on any atom is 0.120 e. The molecule has 0 bridgehead atoms. The molecule has 0 aliphatic carbocycles. The molecule has 1 aliphatic heterocycles. The number of aryl methyl sites for hydroxylation is 2. The Morgan fingerprint density at radius 2 is 1.59 bits per heavy atom. The average Bonchev–Trinajstić information content (AvgIpc) is 2.76. The first-order valence-electron chi connectivity index (χ1n) is 10.6. The number of ether oxygens (including phenoxy) is 1. The van der Waals surface area contributed by atoms with E-state index in [1.165, 1.54) is 41.0 Å². The van der Waals surface area contributed by atoms with Gasteiger partial charge in [-0.15, -0.1) is 0 Å². The summed E-state index contributed by atoms with van der Waals surface area (Å²) in [6.45, 7) is 10.6. The quantitative estimate of drug-likeness (QED) is 0.693. The molecule has 0 spiro atoms. The second-order valence-corrected chi connectivity index (χ2v) is 8.13. The molecule has 3 aromatic rings. The van der Waals surface area contributed by atoms with Crippen molar-refractivity contribution in [3.8, 4) is 5.75 Å². The van der Waals surface area contributed by atoms with E-state index in [1.54, 1.807) is 4.90 Å². The summed E-state index contributed by atoms with van der Waals surface area (Å²) in [7, 11) is 0. The predicted molar refractivity (Wildman–Crippen MR) is 120 cm³/mol. The zero-order valence-electron chi connectivity index (χ0n) is 17.5. The van der Waals surface area contributed by atoms with E-state index in [9.17, 15) is 0 Å². The molecule has 3 aromatic carbocycles. The fourth-order valence-electron chi connectivity index (χ4n) is 4.08. The Bertz CT molecular complexity index is 930. The molecule has 0 saturated carbocycles. The first-order valence-corrected chi connectivity index (χ1v) is 10.6. The summed E-state index contributed by atoms with van der Waals surface area (Å²) < 4.78 is 6.00. The van der Waals surface area contributed by atoms with Crippen molar-refractivity contribution in [3.05, 3.63) is 95.1 Å². The molecule has 29 heavy (non-hydrogen) atoms. The molecule has 1 heterocycles. The van der Waals surface area contributed by atoms with E-state index in [0.717, 1.165) is 25.4 Å². The minimum Gasteiger partial charge on any atom is -0.489 e. The Morgan fingerprint density at radius 3 is 2.38 bits per heavy atom. The lowest BCUT2D eigenvalue weighted by molar-refractivity contribution is -0.914. The Kier molecular flexibility index (Phi) is 6.16. The van der Waals surface area contributed by atoms with Gasteiger partial charge in [0.2, 0.25) is 0 Å². The maximum atomic E-state index is 6.00. The number of rotatable bonds is 6. The van der Waals surface area contributed by atoms with Crippen LogP contribution in [0.2, 0.25) is 0 Å². The van der Waals surface area contributed by atoms with Gasteiger partial charge in [0.05, 0.1) is 26.2 Å². The second-order valence-electron chi connectivity index (χ2n) is 8.13. The van der Waals surface area contributed by atoms with E-state index < -0.39 is 0 Å². The summed E-state index contributed by atoms with van der Waals surface area (Å²) in [6, 6.07) is 25.7. The van der Waals surface area contributed by atoms with Crippen molar-refractivity contribution in [3.63, 3.8) is 0 Å². The van der Waals surface area contributed by atoms with Crippen molar-refractivity contribution < 1.29 is 9.64 Å². The van der Waals surface area contributed by atoms with Crippen LogP contribution in [0.15, 0.2) is 72.8 Å². The minimum absolute atomic E-state index is 0.617. The van der Waals surface area contributed by atoms with Gasteiger partial charge in [0.25, 0.3) is 0 Å². The Morgan fingerprint density at radius 1 is 0.828 bits per heavy atom. The summed E-state index contributed by atoms with van der Waals surface area (Å²) in [4.78, 5) is 4.19. The molecule has 1 aliphatic rings. The van der Waals surface area contributed by atoms with Crippen LogP contribution in [0.4, 0.5) is 5.69 Å². The number of anilines is 1. The third-order valence-electron chi connectivity index (χ3n) is 5.78. The van der Waals surface area contributed by atoms with Gasteiger partial charge >= 0.3 is 0 Å². The molecular formula is C26H31N2O+. The second kappa shape index (κ2) is 9.15. The molecule has 150 valence electrons. The van der Waals surface area contributed by atoms with Crippen LogP contribution in [-0.2, 0) is 13.2 Å². The topological polar surface area (TPSA) is 16.9 Å². The van der Waals surface area contributed by atoms with Gasteiger partial charge in [-0.2, -0.15) is 0 Å². The largest absolute Gasteiger partial charge is 0.489 e. The number of quaternary nitrogens is 1. The summed E-state index contributed by atoms with van der Waals surface area (Å²) in [5, 5.41) is 0. The fourth-order valence-corrected chi connectivity index (χ4v) is 4.08. The van der Waals surface area contributed by atoms with E-state index in [0.29, 0.717) is 6.61 Å². The molecule has 0 amide bonds. The molecule has 0 aromatic heterocycles. The smallest absolute Gasteiger partial charge is 0.120 e. The number of hydrogen-bond acceptors (Lipinski definition) is 2. The molecule has 0 atom stereocenters. The van der Waals surface area contributed by atoms with Crippen LogP contribution in [-0.4, -0.2) is 26.2 Å². The summed E-state index contributed by atoms with van der Waals surface area (Å²) in [5.41, 5.74) is 6.67. The standard InChI is InChI=1S/C26H30N2O/c1-21-11-12-22(2)26(17-21)28-15-13-27(14-16-28)19-24-9-6-10-25(18-24)29-20-23-7-4-3-5-8-23/h3-12,17-18H,13-16,19-20H2,1-2H3/p+1. The van der Waals surface area contributed by atoms with Gasteiger partial charge in [0, 0.05) is 11.3 Å². The number of piperazine rings is 1. The number of nitrogens with zero attached hydrogens (tertiary/aromatic N) is 1. The van der Waals surface area contributed by atoms with Crippen molar-refractivity contribution in [2.24, 2.45) is 0 Å². The van der Waals surface area contributed by atoms with Crippen LogP contribution in [0.3, 0.4) is 0 Å². The van der Waals surface area contributed by atoms with Crippen LogP contribution < -0.4 is 14.5 Å². The monoisotopic (exact) mass is 387 g/mol. The normalized spacial score (nSPS) is 14.8. The highest BCUT2D eigenvalue weighted by molar-refractivity contribution is 5.55. The zero-order valence-corrected chi connectivity index (χ0v) is 17.5. The average molecular weight is 388 g/mol. The van der Waals surface area contributed by atoms with Gasteiger partial charge in [-0.3, -0.25) is 0 Å². The van der Waals surface area contributed by atoms with Crippen molar-refractivity contribution in [1.29, 1.82) is 0 Å². The molecule has 0 unspecified atom stereocenters. The summed E-state index contributed by atoms with van der Waals surface area (Å²) >= 11 is 0. The highest BCUT2D eigenvalue weighted by Gasteiger charge is 2.21. The highest BCUT2D eigenvalue weighted by Crippen LogP contribution is 2.21. The van der Waals surface area contributed by atoms with Gasteiger partial charge in [0.15, 0.2) is 0 Å². The van der Waals surface area contributed by atoms with Gasteiger partial charge < -0.3 is 14.5 Å². The molecule has 3 heteroatoms. The van der Waals surface area contributed by atoms with Gasteiger partial charge in [0.1, 0.15) is 18.9 Å². The van der Waals surface area contributed by atoms with Crippen molar-refractivity contribution in [2.75, 3.05) is 31.1 Å². The molecule has 1 N–H and O–H groups in total. The van der Waals surface area contributed by atoms with Crippen LogP contribution in [0, 0.1) is 13.8 Å². The first kappa shape index (κ1) is 19.5. The van der Waals surface area contributed by atoms with Gasteiger partial charge in [-0.1, -0.05) is 54.6 Å². The first-order chi connectivity index (χ1) is 14.2. The predicted octanol–water partition coefficient (Wildman–Crippen LogP) is 3.79. The van der Waals surface area contributed by atoms with Crippen LogP contribution in [0.25, 0.3) is 0 Å².